The van der Waals surface area contributed by atoms with E-state index < -0.39 is 12.1 Å². The van der Waals surface area contributed by atoms with Crippen LogP contribution in [0.2, 0.25) is 0 Å². The van der Waals surface area contributed by atoms with E-state index in [1.54, 1.807) is 0 Å². The zero-order valence-electron chi connectivity index (χ0n) is 13.1. The number of carboxylic acids is 1. The largest absolute Gasteiger partial charge is 0.481 e. The minimum atomic E-state index is -0.942. The molecular formula is C15H28NO4+. The summed E-state index contributed by atoms with van der Waals surface area (Å²) in [6, 6.07) is 0. The number of unbranched alkanes of at least 4 members (excludes halogenated alkanes) is 1. The molecule has 5 heteroatoms. The summed E-state index contributed by atoms with van der Waals surface area (Å²) in [4.78, 5) is 22.5. The maximum absolute atomic E-state index is 11.7. The van der Waals surface area contributed by atoms with Crippen molar-refractivity contribution in [3.8, 4) is 0 Å². The first kappa shape index (κ1) is 18.6. The van der Waals surface area contributed by atoms with E-state index in [1.165, 1.54) is 0 Å². The van der Waals surface area contributed by atoms with Gasteiger partial charge >= 0.3 is 11.9 Å². The Morgan fingerprint density at radius 1 is 1.25 bits per heavy atom. The summed E-state index contributed by atoms with van der Waals surface area (Å²) in [5.41, 5.74) is 0. The van der Waals surface area contributed by atoms with Gasteiger partial charge < -0.3 is 14.3 Å². The Balaban J connectivity index is 4.18. The van der Waals surface area contributed by atoms with Gasteiger partial charge in [-0.1, -0.05) is 19.1 Å². The molecule has 0 aromatic rings. The number of allylic oxidation sites excluding steroid dienone is 2. The Hall–Kier alpha value is -1.36. The third kappa shape index (κ3) is 11.7. The Kier molecular flexibility index (Phi) is 8.88. The molecule has 0 amide bonds. The number of carbonyl (C=O) groups is 2. The van der Waals surface area contributed by atoms with Crippen molar-refractivity contribution in [2.45, 2.75) is 45.1 Å². The molecule has 1 atom stereocenters. The smallest absolute Gasteiger partial charge is 0.307 e. The van der Waals surface area contributed by atoms with Crippen molar-refractivity contribution >= 4 is 11.9 Å². The number of nitrogens with zero attached hydrogens (tertiary/aromatic N) is 1. The van der Waals surface area contributed by atoms with Crippen molar-refractivity contribution in [2.24, 2.45) is 0 Å². The molecule has 0 saturated carbocycles. The van der Waals surface area contributed by atoms with Gasteiger partial charge in [-0.05, 0) is 19.3 Å². The van der Waals surface area contributed by atoms with E-state index in [9.17, 15) is 9.59 Å². The molecule has 0 aliphatic carbocycles. The number of ether oxygens (including phenoxy) is 1. The molecule has 0 spiro atoms. The Morgan fingerprint density at radius 2 is 1.90 bits per heavy atom. The molecule has 1 unspecified atom stereocenters. The van der Waals surface area contributed by atoms with Gasteiger partial charge in [0.25, 0.3) is 0 Å². The fourth-order valence-electron chi connectivity index (χ4n) is 1.84. The number of hydrogen-bond donors (Lipinski definition) is 1. The van der Waals surface area contributed by atoms with Crippen molar-refractivity contribution in [1.29, 1.82) is 0 Å². The topological polar surface area (TPSA) is 63.6 Å². The lowest BCUT2D eigenvalue weighted by molar-refractivity contribution is -0.873. The highest BCUT2D eigenvalue weighted by molar-refractivity contribution is 5.71. The predicted molar refractivity (Wildman–Crippen MR) is 78.3 cm³/mol. The monoisotopic (exact) mass is 286 g/mol. The second-order valence-electron chi connectivity index (χ2n) is 5.95. The molecule has 0 aromatic heterocycles. The molecule has 0 heterocycles. The number of rotatable bonds is 10. The molecular weight excluding hydrogens is 258 g/mol. The van der Waals surface area contributed by atoms with Gasteiger partial charge in [0, 0.05) is 6.42 Å². The fourth-order valence-corrected chi connectivity index (χ4v) is 1.84. The van der Waals surface area contributed by atoms with E-state index in [0.29, 0.717) is 17.4 Å². The maximum Gasteiger partial charge on any atom is 0.307 e. The van der Waals surface area contributed by atoms with Crippen molar-refractivity contribution < 1.29 is 23.9 Å². The average Bonchev–Trinajstić information content (AvgIpc) is 2.25. The van der Waals surface area contributed by atoms with Crippen LogP contribution in [0.15, 0.2) is 12.2 Å². The van der Waals surface area contributed by atoms with Gasteiger partial charge in [-0.15, -0.1) is 0 Å². The minimum absolute atomic E-state index is 0.142. The van der Waals surface area contributed by atoms with Crippen LogP contribution < -0.4 is 0 Å². The third-order valence-corrected chi connectivity index (χ3v) is 2.61. The number of carboxylic acid groups (broad SMARTS) is 1. The van der Waals surface area contributed by atoms with Crippen LogP contribution in [0.4, 0.5) is 0 Å². The van der Waals surface area contributed by atoms with E-state index in [0.717, 1.165) is 19.3 Å². The fraction of sp³-hybridized carbons (Fsp3) is 0.733. The molecule has 116 valence electrons. The molecule has 0 bridgehead atoms. The number of esters is 1. The van der Waals surface area contributed by atoms with Gasteiger partial charge in [-0.3, -0.25) is 9.59 Å². The second-order valence-corrected chi connectivity index (χ2v) is 5.95. The van der Waals surface area contributed by atoms with Crippen molar-refractivity contribution in [3.05, 3.63) is 12.2 Å². The van der Waals surface area contributed by atoms with Gasteiger partial charge in [-0.25, -0.2) is 0 Å². The number of hydrogen-bond acceptors (Lipinski definition) is 3. The van der Waals surface area contributed by atoms with E-state index >= 15 is 0 Å². The summed E-state index contributed by atoms with van der Waals surface area (Å²) in [7, 11) is 5.83. The van der Waals surface area contributed by atoms with Gasteiger partial charge in [0.15, 0.2) is 6.10 Å². The summed E-state index contributed by atoms with van der Waals surface area (Å²) >= 11 is 0. The van der Waals surface area contributed by atoms with E-state index in [2.05, 4.69) is 13.0 Å². The van der Waals surface area contributed by atoms with Crippen molar-refractivity contribution in [2.75, 3.05) is 27.7 Å². The van der Waals surface area contributed by atoms with Gasteiger partial charge in [-0.2, -0.15) is 0 Å². The Labute approximate surface area is 121 Å². The van der Waals surface area contributed by atoms with Crippen LogP contribution in [0.5, 0.6) is 0 Å². The maximum atomic E-state index is 11.7. The quantitative estimate of drug-likeness (QED) is 0.289. The third-order valence-electron chi connectivity index (χ3n) is 2.61. The molecule has 0 aliphatic heterocycles. The first-order valence-corrected chi connectivity index (χ1v) is 7.11. The van der Waals surface area contributed by atoms with Crippen LogP contribution >= 0.6 is 0 Å². The molecule has 0 aliphatic rings. The number of carbonyl (C=O) groups excluding carboxylic acids is 1. The summed E-state index contributed by atoms with van der Waals surface area (Å²) in [6.45, 7) is 2.56. The Morgan fingerprint density at radius 3 is 2.40 bits per heavy atom. The first-order chi connectivity index (χ1) is 9.24. The molecule has 0 saturated heterocycles. The van der Waals surface area contributed by atoms with Crippen LogP contribution in [0.25, 0.3) is 0 Å². The van der Waals surface area contributed by atoms with Crippen LogP contribution in [-0.4, -0.2) is 55.3 Å². The van der Waals surface area contributed by atoms with E-state index in [4.69, 9.17) is 9.84 Å². The lowest BCUT2D eigenvalue weighted by atomic mass is 10.2. The van der Waals surface area contributed by atoms with E-state index in [-0.39, 0.29) is 12.4 Å². The van der Waals surface area contributed by atoms with E-state index in [1.807, 2.05) is 27.2 Å². The van der Waals surface area contributed by atoms with Crippen molar-refractivity contribution in [1.82, 2.24) is 0 Å². The highest BCUT2D eigenvalue weighted by Crippen LogP contribution is 2.08. The Bertz CT molecular complexity index is 331. The minimum Gasteiger partial charge on any atom is -0.481 e. The molecule has 0 aromatic carbocycles. The van der Waals surface area contributed by atoms with Gasteiger partial charge in [0.05, 0.1) is 27.6 Å². The van der Waals surface area contributed by atoms with Crippen LogP contribution in [-0.2, 0) is 14.3 Å². The number of quaternary nitrogens is 1. The van der Waals surface area contributed by atoms with Crippen LogP contribution in [0, 0.1) is 0 Å². The summed E-state index contributed by atoms with van der Waals surface area (Å²) in [6.07, 6.45) is 6.32. The average molecular weight is 286 g/mol. The van der Waals surface area contributed by atoms with Gasteiger partial charge in [0.1, 0.15) is 6.54 Å². The molecule has 0 fully saturated rings. The summed E-state index contributed by atoms with van der Waals surface area (Å²) in [5, 5.41) is 8.86. The molecule has 0 rings (SSSR count). The molecule has 0 radical (unpaired) electrons. The molecule has 1 N–H and O–H groups in total. The molecule has 20 heavy (non-hydrogen) atoms. The van der Waals surface area contributed by atoms with Crippen LogP contribution in [0.3, 0.4) is 0 Å². The normalized spacial score (nSPS) is 13.4. The number of likely N-dealkylation sites (N-methyl/N-ethyl adjacent to an activating group) is 1. The summed E-state index contributed by atoms with van der Waals surface area (Å²) < 4.78 is 5.84. The van der Waals surface area contributed by atoms with Crippen molar-refractivity contribution in [3.63, 3.8) is 0 Å². The first-order valence-electron chi connectivity index (χ1n) is 7.11. The highest BCUT2D eigenvalue weighted by Gasteiger charge is 2.24. The molecule has 5 nitrogen and oxygen atoms in total. The van der Waals surface area contributed by atoms with Gasteiger partial charge in [0.2, 0.25) is 0 Å². The lowest BCUT2D eigenvalue weighted by Crippen LogP contribution is -2.43. The SMILES string of the molecule is CC/C=C/CCCC(=O)OC(CC(=O)O)C[N+](C)(C)C. The standard InChI is InChI=1S/C15H27NO4/c1-5-6-7-8-9-10-15(19)20-13(11-14(17)18)12-16(2,3)4/h6-7,13H,5,8-12H2,1-4H3/p+1/b7-6+. The highest BCUT2D eigenvalue weighted by atomic mass is 16.5. The lowest BCUT2D eigenvalue weighted by Gasteiger charge is -2.28. The van der Waals surface area contributed by atoms with Crippen LogP contribution in [0.1, 0.15) is 39.0 Å². The predicted octanol–water partition coefficient (Wildman–Crippen LogP) is 2.22. The second kappa shape index (κ2) is 9.53. The zero-order chi connectivity index (χ0) is 15.6. The summed E-state index contributed by atoms with van der Waals surface area (Å²) in [5.74, 6) is -1.25. The zero-order valence-corrected chi connectivity index (χ0v) is 13.1. The number of aliphatic carboxylic acids is 1.